The summed E-state index contributed by atoms with van der Waals surface area (Å²) in [4.78, 5) is 24.6. The number of esters is 1. The molecule has 5 nitrogen and oxygen atoms in total. The number of carbonyl (C=O) groups is 2. The van der Waals surface area contributed by atoms with Gasteiger partial charge in [-0.1, -0.05) is 70.6 Å². The first-order chi connectivity index (χ1) is 13.3. The van der Waals surface area contributed by atoms with Crippen LogP contribution in [0.25, 0.3) is 0 Å². The monoisotopic (exact) mass is 394 g/mol. The van der Waals surface area contributed by atoms with E-state index in [9.17, 15) is 14.7 Å². The number of quaternary nitrogens is 1. The predicted molar refractivity (Wildman–Crippen MR) is 112 cm³/mol. The van der Waals surface area contributed by atoms with Gasteiger partial charge in [-0.15, -0.1) is 0 Å². The van der Waals surface area contributed by atoms with Gasteiger partial charge in [0.1, 0.15) is 6.54 Å². The lowest BCUT2D eigenvalue weighted by Crippen LogP contribution is -2.66. The first-order valence-corrected chi connectivity index (χ1v) is 10.9. The van der Waals surface area contributed by atoms with E-state index in [0.29, 0.717) is 6.54 Å². The Hall–Kier alpha value is -1.46. The van der Waals surface area contributed by atoms with Crippen molar-refractivity contribution in [3.05, 3.63) is 24.8 Å². The standard InChI is InChI=1S/C23H40NO4/c1-5-7-8-9-10-11-12-13-14-15-16-20-21(25)17-18-22(26)28-23(20,27)24(3,4)19-6-2/h6,15-16,20,27H,2,5,7-14,17-19H2,1,3-4H3/q+1. The van der Waals surface area contributed by atoms with Crippen LogP contribution in [0.4, 0.5) is 0 Å². The number of hydrogen-bond donors (Lipinski definition) is 1. The molecule has 0 saturated carbocycles. The number of aliphatic hydroxyl groups is 1. The van der Waals surface area contributed by atoms with Gasteiger partial charge in [0.15, 0.2) is 11.7 Å². The minimum Gasteiger partial charge on any atom is -0.383 e. The lowest BCUT2D eigenvalue weighted by molar-refractivity contribution is -0.990. The van der Waals surface area contributed by atoms with E-state index in [1.165, 1.54) is 44.9 Å². The van der Waals surface area contributed by atoms with Crippen LogP contribution in [-0.4, -0.2) is 47.9 Å². The minimum absolute atomic E-state index is 0.0115. The van der Waals surface area contributed by atoms with Gasteiger partial charge in [0.2, 0.25) is 0 Å². The van der Waals surface area contributed by atoms with Crippen LogP contribution in [0.3, 0.4) is 0 Å². The van der Waals surface area contributed by atoms with Crippen LogP contribution in [0.5, 0.6) is 0 Å². The second kappa shape index (κ2) is 12.2. The zero-order valence-electron chi connectivity index (χ0n) is 18.1. The van der Waals surface area contributed by atoms with Gasteiger partial charge in [0, 0.05) is 6.42 Å². The van der Waals surface area contributed by atoms with Crippen molar-refractivity contribution < 1.29 is 23.9 Å². The average Bonchev–Trinajstić information content (AvgIpc) is 2.74. The fourth-order valence-corrected chi connectivity index (χ4v) is 3.69. The molecule has 2 atom stereocenters. The molecule has 1 rings (SSSR count). The molecule has 1 saturated heterocycles. The Kier molecular flexibility index (Phi) is 10.7. The molecule has 2 unspecified atom stereocenters. The van der Waals surface area contributed by atoms with Crippen LogP contribution < -0.4 is 0 Å². The first-order valence-electron chi connectivity index (χ1n) is 10.9. The summed E-state index contributed by atoms with van der Waals surface area (Å²) >= 11 is 0. The molecule has 0 bridgehead atoms. The molecule has 1 N–H and O–H groups in total. The van der Waals surface area contributed by atoms with E-state index in [-0.39, 0.29) is 23.1 Å². The maximum atomic E-state index is 12.6. The van der Waals surface area contributed by atoms with Gasteiger partial charge in [0.25, 0.3) is 0 Å². The van der Waals surface area contributed by atoms with Crippen molar-refractivity contribution in [3.8, 4) is 0 Å². The molecule has 1 heterocycles. The Bertz CT molecular complexity index is 541. The third kappa shape index (κ3) is 7.17. The SMILES string of the molecule is C=CC[N+](C)(C)C1(O)OC(=O)CCC(=O)C1C=CCCCCCCCCCC. The second-order valence-electron chi connectivity index (χ2n) is 8.42. The number of hydrogen-bond acceptors (Lipinski definition) is 4. The molecule has 0 aromatic heterocycles. The highest BCUT2D eigenvalue weighted by molar-refractivity contribution is 5.88. The summed E-state index contributed by atoms with van der Waals surface area (Å²) in [5.74, 6) is -3.46. The number of ether oxygens (including phenoxy) is 1. The van der Waals surface area contributed by atoms with Crippen LogP contribution in [0.2, 0.25) is 0 Å². The zero-order valence-corrected chi connectivity index (χ0v) is 18.1. The third-order valence-electron chi connectivity index (χ3n) is 5.60. The Balaban J connectivity index is 2.65. The largest absolute Gasteiger partial charge is 0.383 e. The maximum absolute atomic E-state index is 12.6. The molecule has 0 aliphatic carbocycles. The molecule has 5 heteroatoms. The molecule has 1 aliphatic rings. The van der Waals surface area contributed by atoms with Crippen molar-refractivity contribution in [1.29, 1.82) is 0 Å². The number of rotatable bonds is 13. The zero-order chi connectivity index (χ0) is 21.0. The molecule has 1 fully saturated rings. The Morgan fingerprint density at radius 2 is 1.71 bits per heavy atom. The topological polar surface area (TPSA) is 63.6 Å². The molecule has 1 aliphatic heterocycles. The summed E-state index contributed by atoms with van der Waals surface area (Å²) in [7, 11) is 3.49. The molecular formula is C23H40NO4+. The minimum atomic E-state index is -1.91. The number of unbranched alkanes of at least 4 members (excludes halogenated alkanes) is 8. The Labute approximate surface area is 171 Å². The molecule has 0 radical (unpaired) electrons. The van der Waals surface area contributed by atoms with E-state index < -0.39 is 17.8 Å². The van der Waals surface area contributed by atoms with E-state index in [1.54, 1.807) is 26.2 Å². The number of nitrogens with zero attached hydrogens (tertiary/aromatic N) is 1. The van der Waals surface area contributed by atoms with E-state index in [2.05, 4.69) is 13.5 Å². The lowest BCUT2D eigenvalue weighted by atomic mass is 9.94. The number of likely N-dealkylation sites (N-methyl/N-ethyl adjacent to an activating group) is 1. The number of allylic oxidation sites excluding steroid dienone is 1. The highest BCUT2D eigenvalue weighted by Gasteiger charge is 2.57. The van der Waals surface area contributed by atoms with Crippen molar-refractivity contribution in [2.75, 3.05) is 20.6 Å². The van der Waals surface area contributed by atoms with Gasteiger partial charge >= 0.3 is 11.9 Å². The van der Waals surface area contributed by atoms with Gasteiger partial charge in [-0.3, -0.25) is 14.1 Å². The summed E-state index contributed by atoms with van der Waals surface area (Å²) in [6, 6.07) is 0. The summed E-state index contributed by atoms with van der Waals surface area (Å²) in [5, 5.41) is 11.3. The van der Waals surface area contributed by atoms with E-state index >= 15 is 0 Å². The van der Waals surface area contributed by atoms with Crippen LogP contribution in [0.15, 0.2) is 24.8 Å². The van der Waals surface area contributed by atoms with Crippen molar-refractivity contribution >= 4 is 11.8 Å². The number of ketones is 1. The highest BCUT2D eigenvalue weighted by Crippen LogP contribution is 2.34. The summed E-state index contributed by atoms with van der Waals surface area (Å²) in [5.41, 5.74) is 0. The van der Waals surface area contributed by atoms with Crippen LogP contribution in [0.1, 0.15) is 77.6 Å². The first kappa shape index (κ1) is 24.6. The fourth-order valence-electron chi connectivity index (χ4n) is 3.69. The van der Waals surface area contributed by atoms with Crippen LogP contribution >= 0.6 is 0 Å². The molecule has 0 amide bonds. The van der Waals surface area contributed by atoms with E-state index in [4.69, 9.17) is 4.74 Å². The fraction of sp³-hybridized carbons (Fsp3) is 0.739. The molecule has 28 heavy (non-hydrogen) atoms. The summed E-state index contributed by atoms with van der Waals surface area (Å²) in [6.45, 7) is 6.32. The number of carbonyl (C=O) groups excluding carboxylic acids is 2. The second-order valence-corrected chi connectivity index (χ2v) is 8.42. The Morgan fingerprint density at radius 3 is 2.32 bits per heavy atom. The van der Waals surface area contributed by atoms with Crippen molar-refractivity contribution in [3.63, 3.8) is 0 Å². The van der Waals surface area contributed by atoms with Gasteiger partial charge in [-0.2, -0.15) is 0 Å². The van der Waals surface area contributed by atoms with Crippen molar-refractivity contribution in [2.45, 2.75) is 83.5 Å². The van der Waals surface area contributed by atoms with E-state index in [0.717, 1.165) is 12.8 Å². The maximum Gasteiger partial charge on any atom is 0.374 e. The third-order valence-corrected chi connectivity index (χ3v) is 5.60. The quantitative estimate of drug-likeness (QED) is 0.164. The summed E-state index contributed by atoms with van der Waals surface area (Å²) < 4.78 is 5.36. The van der Waals surface area contributed by atoms with Crippen molar-refractivity contribution in [1.82, 2.24) is 0 Å². The smallest absolute Gasteiger partial charge is 0.374 e. The van der Waals surface area contributed by atoms with Gasteiger partial charge in [0.05, 0.1) is 20.5 Å². The number of Topliss-reactive ketones (excluding diaryl/α,β-unsaturated/α-hetero) is 1. The lowest BCUT2D eigenvalue weighted by Gasteiger charge is -2.44. The number of cyclic esters (lactones) is 1. The van der Waals surface area contributed by atoms with Gasteiger partial charge in [-0.25, -0.2) is 0 Å². The summed E-state index contributed by atoms with van der Waals surface area (Å²) in [6.07, 6.45) is 16.3. The Morgan fingerprint density at radius 1 is 1.11 bits per heavy atom. The molecule has 0 aromatic carbocycles. The normalized spacial score (nSPS) is 23.6. The average molecular weight is 395 g/mol. The van der Waals surface area contributed by atoms with E-state index in [1.807, 2.05) is 6.08 Å². The van der Waals surface area contributed by atoms with Crippen LogP contribution in [0, 0.1) is 5.92 Å². The van der Waals surface area contributed by atoms with Crippen molar-refractivity contribution in [2.24, 2.45) is 5.92 Å². The molecule has 0 aromatic rings. The van der Waals surface area contributed by atoms with Gasteiger partial charge < -0.3 is 9.84 Å². The van der Waals surface area contributed by atoms with Crippen LogP contribution in [-0.2, 0) is 14.3 Å². The predicted octanol–water partition coefficient (Wildman–Crippen LogP) is 4.50. The molecular weight excluding hydrogens is 354 g/mol. The van der Waals surface area contributed by atoms with Gasteiger partial charge in [-0.05, 0) is 18.9 Å². The molecule has 160 valence electrons. The highest BCUT2D eigenvalue weighted by atomic mass is 16.7. The molecule has 0 spiro atoms.